The third-order valence-corrected chi connectivity index (χ3v) is 4.33. The van der Waals surface area contributed by atoms with Gasteiger partial charge in [0.25, 0.3) is 0 Å². The Hall–Kier alpha value is -1.59. The molecule has 3 nitrogen and oxygen atoms in total. The van der Waals surface area contributed by atoms with Crippen LogP contribution in [0, 0.1) is 0 Å². The molecule has 0 spiro atoms. The van der Waals surface area contributed by atoms with Crippen LogP contribution in [0.2, 0.25) is 0 Å². The van der Waals surface area contributed by atoms with Gasteiger partial charge in [-0.1, -0.05) is 30.3 Å². The van der Waals surface area contributed by atoms with Crippen LogP contribution in [0.3, 0.4) is 0 Å². The van der Waals surface area contributed by atoms with Crippen LogP contribution >= 0.6 is 27.3 Å². The highest BCUT2D eigenvalue weighted by Crippen LogP contribution is 2.35. The van der Waals surface area contributed by atoms with Crippen LogP contribution in [-0.4, -0.2) is 10.2 Å². The Labute approximate surface area is 123 Å². The Balaban J connectivity index is 1.77. The molecular formula is C14H11BrN2OS. The van der Waals surface area contributed by atoms with E-state index in [1.165, 1.54) is 0 Å². The topological polar surface area (TPSA) is 37.9 Å². The molecule has 3 rings (SSSR count). The number of hydrogen-bond acceptors (Lipinski definition) is 3. The van der Waals surface area contributed by atoms with Gasteiger partial charge < -0.3 is 4.74 Å². The second kappa shape index (κ2) is 5.59. The molecule has 2 heterocycles. The van der Waals surface area contributed by atoms with Crippen molar-refractivity contribution < 1.29 is 4.74 Å². The number of hydrogen-bond donors (Lipinski definition) is 1. The third-order valence-electron chi connectivity index (χ3n) is 2.67. The lowest BCUT2D eigenvalue weighted by Crippen LogP contribution is -1.96. The first-order valence-corrected chi connectivity index (χ1v) is 7.39. The molecule has 0 atom stereocenters. The summed E-state index contributed by atoms with van der Waals surface area (Å²) >= 11 is 5.12. The monoisotopic (exact) mass is 334 g/mol. The van der Waals surface area contributed by atoms with Crippen molar-refractivity contribution in [3.05, 3.63) is 58.0 Å². The minimum Gasteiger partial charge on any atom is -0.473 e. The molecule has 0 saturated carbocycles. The third kappa shape index (κ3) is 2.88. The van der Waals surface area contributed by atoms with E-state index in [4.69, 9.17) is 4.74 Å². The van der Waals surface area contributed by atoms with Crippen LogP contribution in [0.4, 0.5) is 0 Å². The number of aromatic nitrogens is 2. The number of H-pyrrole nitrogens is 1. The van der Waals surface area contributed by atoms with E-state index in [0.29, 0.717) is 12.5 Å². The van der Waals surface area contributed by atoms with Gasteiger partial charge in [0.2, 0.25) is 5.88 Å². The molecule has 0 amide bonds. The lowest BCUT2D eigenvalue weighted by Gasteiger charge is -2.05. The Morgan fingerprint density at radius 1 is 1.16 bits per heavy atom. The molecule has 0 saturated heterocycles. The van der Waals surface area contributed by atoms with Gasteiger partial charge >= 0.3 is 0 Å². The van der Waals surface area contributed by atoms with Crippen LogP contribution in [0.15, 0.2) is 52.4 Å². The van der Waals surface area contributed by atoms with Gasteiger partial charge in [-0.3, -0.25) is 0 Å². The summed E-state index contributed by atoms with van der Waals surface area (Å²) in [5.74, 6) is 0.707. The van der Waals surface area contributed by atoms with Gasteiger partial charge in [-0.2, -0.15) is 5.10 Å². The van der Waals surface area contributed by atoms with E-state index < -0.39 is 0 Å². The Bertz CT molecular complexity index is 663. The van der Waals surface area contributed by atoms with Gasteiger partial charge in [0.15, 0.2) is 0 Å². The summed E-state index contributed by atoms with van der Waals surface area (Å²) in [7, 11) is 0. The predicted molar refractivity (Wildman–Crippen MR) is 80.4 cm³/mol. The maximum absolute atomic E-state index is 5.80. The molecule has 0 aliphatic carbocycles. The number of nitrogens with one attached hydrogen (secondary N) is 1. The maximum atomic E-state index is 5.80. The average Bonchev–Trinajstić information content (AvgIpc) is 3.06. The molecule has 19 heavy (non-hydrogen) atoms. The van der Waals surface area contributed by atoms with E-state index in [0.717, 1.165) is 19.8 Å². The van der Waals surface area contributed by atoms with Crippen LogP contribution < -0.4 is 4.74 Å². The molecule has 0 unspecified atom stereocenters. The Morgan fingerprint density at radius 2 is 2.00 bits per heavy atom. The van der Waals surface area contributed by atoms with Gasteiger partial charge in [-0.05, 0) is 33.6 Å². The molecule has 1 N–H and O–H groups in total. The highest BCUT2D eigenvalue weighted by molar-refractivity contribution is 9.11. The number of halogens is 1. The van der Waals surface area contributed by atoms with E-state index in [9.17, 15) is 0 Å². The van der Waals surface area contributed by atoms with Crippen LogP contribution in [-0.2, 0) is 6.61 Å². The first kappa shape index (κ1) is 12.4. The molecule has 1 aromatic carbocycles. The summed E-state index contributed by atoms with van der Waals surface area (Å²) in [6, 6.07) is 14.2. The summed E-state index contributed by atoms with van der Waals surface area (Å²) in [6.45, 7) is 0.530. The van der Waals surface area contributed by atoms with Crippen LogP contribution in [0.25, 0.3) is 10.4 Å². The van der Waals surface area contributed by atoms with E-state index in [-0.39, 0.29) is 0 Å². The predicted octanol–water partition coefficient (Wildman–Crippen LogP) is 4.48. The van der Waals surface area contributed by atoms with Crippen molar-refractivity contribution >= 4 is 27.3 Å². The van der Waals surface area contributed by atoms with Crippen molar-refractivity contribution in [1.82, 2.24) is 10.2 Å². The number of thiophene rings is 1. The van der Waals surface area contributed by atoms with Crippen molar-refractivity contribution in [3.63, 3.8) is 0 Å². The Kier molecular flexibility index (Phi) is 3.66. The highest BCUT2D eigenvalue weighted by Gasteiger charge is 2.11. The summed E-state index contributed by atoms with van der Waals surface area (Å²) in [5.41, 5.74) is 2.13. The number of aromatic amines is 1. The van der Waals surface area contributed by atoms with Gasteiger partial charge in [0, 0.05) is 4.88 Å². The zero-order valence-corrected chi connectivity index (χ0v) is 12.4. The van der Waals surface area contributed by atoms with Crippen LogP contribution in [0.5, 0.6) is 5.88 Å². The fourth-order valence-corrected chi connectivity index (χ4v) is 3.14. The number of ether oxygens (including phenoxy) is 1. The second-order valence-corrected chi connectivity index (χ2v) is 6.45. The van der Waals surface area contributed by atoms with Crippen molar-refractivity contribution in [3.8, 4) is 16.3 Å². The molecule has 3 aromatic rings. The molecule has 0 fully saturated rings. The lowest BCUT2D eigenvalue weighted by atomic mass is 10.2. The van der Waals surface area contributed by atoms with Crippen molar-refractivity contribution in [1.29, 1.82) is 0 Å². The zero-order valence-electron chi connectivity index (χ0n) is 9.97. The quantitative estimate of drug-likeness (QED) is 0.763. The molecule has 0 radical (unpaired) electrons. The second-order valence-electron chi connectivity index (χ2n) is 3.99. The van der Waals surface area contributed by atoms with Gasteiger partial charge in [-0.15, -0.1) is 11.3 Å². The number of nitrogens with zero attached hydrogens (tertiary/aromatic N) is 1. The maximum Gasteiger partial charge on any atom is 0.218 e. The zero-order chi connectivity index (χ0) is 13.1. The number of rotatable bonds is 4. The minimum absolute atomic E-state index is 0.530. The summed E-state index contributed by atoms with van der Waals surface area (Å²) in [5, 5.41) is 6.96. The average molecular weight is 335 g/mol. The van der Waals surface area contributed by atoms with Crippen LogP contribution in [0.1, 0.15) is 5.56 Å². The van der Waals surface area contributed by atoms with Gasteiger partial charge in [-0.25, -0.2) is 5.10 Å². The number of benzene rings is 1. The highest BCUT2D eigenvalue weighted by atomic mass is 79.9. The van der Waals surface area contributed by atoms with E-state index >= 15 is 0 Å². The molecular weight excluding hydrogens is 324 g/mol. The molecule has 0 aliphatic rings. The standard InChI is InChI=1S/C14H11BrN2OS/c15-13-7-6-12(19-13)11-8-16-17-14(11)18-9-10-4-2-1-3-5-10/h1-8H,9H2,(H,16,17). The van der Waals surface area contributed by atoms with Crippen molar-refractivity contribution in [2.45, 2.75) is 6.61 Å². The summed E-state index contributed by atoms with van der Waals surface area (Å²) in [6.07, 6.45) is 1.79. The van der Waals surface area contributed by atoms with E-state index in [1.54, 1.807) is 17.5 Å². The van der Waals surface area contributed by atoms with Crippen molar-refractivity contribution in [2.75, 3.05) is 0 Å². The molecule has 5 heteroatoms. The summed E-state index contributed by atoms with van der Waals surface area (Å²) < 4.78 is 6.90. The molecule has 96 valence electrons. The van der Waals surface area contributed by atoms with Gasteiger partial charge in [0.1, 0.15) is 6.61 Å². The van der Waals surface area contributed by atoms with Crippen molar-refractivity contribution in [2.24, 2.45) is 0 Å². The first-order chi connectivity index (χ1) is 9.33. The Morgan fingerprint density at radius 3 is 2.74 bits per heavy atom. The largest absolute Gasteiger partial charge is 0.473 e. The molecule has 2 aromatic heterocycles. The fourth-order valence-electron chi connectivity index (χ4n) is 1.75. The van der Waals surface area contributed by atoms with E-state index in [2.05, 4.69) is 32.2 Å². The minimum atomic E-state index is 0.530. The van der Waals surface area contributed by atoms with Gasteiger partial charge in [0.05, 0.1) is 15.5 Å². The molecule has 0 bridgehead atoms. The smallest absolute Gasteiger partial charge is 0.218 e. The normalized spacial score (nSPS) is 10.6. The summed E-state index contributed by atoms with van der Waals surface area (Å²) in [4.78, 5) is 1.13. The molecule has 0 aliphatic heterocycles. The SMILES string of the molecule is Brc1ccc(-c2cn[nH]c2OCc2ccccc2)s1. The van der Waals surface area contributed by atoms with E-state index in [1.807, 2.05) is 36.4 Å². The fraction of sp³-hybridized carbons (Fsp3) is 0.0714. The lowest BCUT2D eigenvalue weighted by molar-refractivity contribution is 0.295. The first-order valence-electron chi connectivity index (χ1n) is 5.79.